The Morgan fingerprint density at radius 2 is 2.14 bits per heavy atom. The molecule has 1 aromatic rings. The highest BCUT2D eigenvalue weighted by Gasteiger charge is 1.96. The zero-order chi connectivity index (χ0) is 10.6. The lowest BCUT2D eigenvalue weighted by Gasteiger charge is -2.04. The summed E-state index contributed by atoms with van der Waals surface area (Å²) in [6, 6.07) is 7.35. The van der Waals surface area contributed by atoms with E-state index in [1.807, 2.05) is 12.1 Å². The lowest BCUT2D eigenvalue weighted by atomic mass is 10.2. The number of hydrogen-bond acceptors (Lipinski definition) is 1. The van der Waals surface area contributed by atoms with Crippen LogP contribution < -0.4 is 0 Å². The second kappa shape index (κ2) is 4.82. The number of likely N-dealkylation sites (N-methyl/N-ethyl adjacent to an activating group) is 1. The van der Waals surface area contributed by atoms with Crippen molar-refractivity contribution < 1.29 is 4.79 Å². The van der Waals surface area contributed by atoms with Gasteiger partial charge in [-0.1, -0.05) is 23.7 Å². The highest BCUT2D eigenvalue weighted by atomic mass is 35.5. The average Bonchev–Trinajstić information content (AvgIpc) is 2.14. The molecule has 0 aliphatic heterocycles. The second-order valence-corrected chi connectivity index (χ2v) is 3.56. The van der Waals surface area contributed by atoms with Gasteiger partial charge in [-0.15, -0.1) is 0 Å². The van der Waals surface area contributed by atoms with E-state index in [0.29, 0.717) is 5.02 Å². The molecule has 2 nitrogen and oxygen atoms in total. The predicted molar refractivity (Wildman–Crippen MR) is 59.2 cm³/mol. The van der Waals surface area contributed by atoms with E-state index >= 15 is 0 Å². The number of amides is 1. The smallest absolute Gasteiger partial charge is 0.246 e. The van der Waals surface area contributed by atoms with E-state index in [4.69, 9.17) is 11.6 Å². The van der Waals surface area contributed by atoms with Gasteiger partial charge in [0.15, 0.2) is 0 Å². The SMILES string of the molecule is CN(C)C(=O)/C=C/c1cccc(Cl)c1. The van der Waals surface area contributed by atoms with Crippen LogP contribution in [0.2, 0.25) is 5.02 Å². The van der Waals surface area contributed by atoms with E-state index in [-0.39, 0.29) is 5.91 Å². The van der Waals surface area contributed by atoms with Gasteiger partial charge < -0.3 is 4.90 Å². The Morgan fingerprint density at radius 3 is 2.71 bits per heavy atom. The van der Waals surface area contributed by atoms with Crippen LogP contribution in [-0.2, 0) is 4.79 Å². The summed E-state index contributed by atoms with van der Waals surface area (Å²) in [6.45, 7) is 0. The summed E-state index contributed by atoms with van der Waals surface area (Å²) in [5.41, 5.74) is 0.924. The van der Waals surface area contributed by atoms with Crippen molar-refractivity contribution >= 4 is 23.6 Å². The van der Waals surface area contributed by atoms with Crippen LogP contribution in [0.1, 0.15) is 5.56 Å². The van der Waals surface area contributed by atoms with E-state index in [0.717, 1.165) is 5.56 Å². The summed E-state index contributed by atoms with van der Waals surface area (Å²) in [6.07, 6.45) is 3.26. The lowest BCUT2D eigenvalue weighted by Crippen LogP contribution is -2.18. The second-order valence-electron chi connectivity index (χ2n) is 3.12. The van der Waals surface area contributed by atoms with Crippen LogP contribution in [0.5, 0.6) is 0 Å². The van der Waals surface area contributed by atoms with Crippen LogP contribution in [0, 0.1) is 0 Å². The van der Waals surface area contributed by atoms with Gasteiger partial charge >= 0.3 is 0 Å². The van der Waals surface area contributed by atoms with Crippen LogP contribution in [-0.4, -0.2) is 24.9 Å². The van der Waals surface area contributed by atoms with Gasteiger partial charge in [-0.25, -0.2) is 0 Å². The molecule has 1 amide bonds. The first-order chi connectivity index (χ1) is 6.59. The van der Waals surface area contributed by atoms with Crippen LogP contribution in [0.3, 0.4) is 0 Å². The molecular weight excluding hydrogens is 198 g/mol. The third-order valence-corrected chi connectivity index (χ3v) is 1.94. The van der Waals surface area contributed by atoms with Crippen molar-refractivity contribution in [2.24, 2.45) is 0 Å². The fourth-order valence-electron chi connectivity index (χ4n) is 0.927. The first-order valence-corrected chi connectivity index (χ1v) is 4.62. The minimum Gasteiger partial charge on any atom is -0.345 e. The first kappa shape index (κ1) is 10.8. The Hall–Kier alpha value is -1.28. The molecule has 1 rings (SSSR count). The third-order valence-electron chi connectivity index (χ3n) is 1.71. The van der Waals surface area contributed by atoms with Gasteiger partial charge in [0.2, 0.25) is 5.91 Å². The highest BCUT2D eigenvalue weighted by molar-refractivity contribution is 6.30. The molecule has 0 saturated carbocycles. The number of hydrogen-bond donors (Lipinski definition) is 0. The normalized spacial score (nSPS) is 10.5. The third kappa shape index (κ3) is 3.23. The standard InChI is InChI=1S/C11H12ClNO/c1-13(2)11(14)7-6-9-4-3-5-10(12)8-9/h3-8H,1-2H3/b7-6+. The van der Waals surface area contributed by atoms with Gasteiger partial charge in [-0.2, -0.15) is 0 Å². The summed E-state index contributed by atoms with van der Waals surface area (Å²) >= 11 is 5.79. The maximum Gasteiger partial charge on any atom is 0.246 e. The number of nitrogens with zero attached hydrogens (tertiary/aromatic N) is 1. The van der Waals surface area contributed by atoms with E-state index in [1.54, 1.807) is 32.3 Å². The molecule has 0 heterocycles. The van der Waals surface area contributed by atoms with Crippen LogP contribution >= 0.6 is 11.6 Å². The number of benzene rings is 1. The van der Waals surface area contributed by atoms with Crippen molar-refractivity contribution in [3.05, 3.63) is 40.9 Å². The van der Waals surface area contributed by atoms with Crippen LogP contribution in [0.25, 0.3) is 6.08 Å². The molecule has 74 valence electrons. The quantitative estimate of drug-likeness (QED) is 0.686. The summed E-state index contributed by atoms with van der Waals surface area (Å²) in [7, 11) is 3.43. The molecular formula is C11H12ClNO. The topological polar surface area (TPSA) is 20.3 Å². The molecule has 0 unspecified atom stereocenters. The lowest BCUT2D eigenvalue weighted by molar-refractivity contribution is -0.123. The zero-order valence-electron chi connectivity index (χ0n) is 8.20. The van der Waals surface area contributed by atoms with Crippen LogP contribution in [0.4, 0.5) is 0 Å². The summed E-state index contributed by atoms with van der Waals surface area (Å²) in [4.78, 5) is 12.7. The van der Waals surface area contributed by atoms with Crippen molar-refractivity contribution in [3.63, 3.8) is 0 Å². The molecule has 0 aromatic heterocycles. The van der Waals surface area contributed by atoms with E-state index < -0.39 is 0 Å². The molecule has 0 N–H and O–H groups in total. The molecule has 0 aliphatic carbocycles. The fraction of sp³-hybridized carbons (Fsp3) is 0.182. The highest BCUT2D eigenvalue weighted by Crippen LogP contribution is 2.11. The fourth-order valence-corrected chi connectivity index (χ4v) is 1.13. The van der Waals surface area contributed by atoms with E-state index in [2.05, 4.69) is 0 Å². The van der Waals surface area contributed by atoms with Gasteiger partial charge in [-0.05, 0) is 23.8 Å². The Kier molecular flexibility index (Phi) is 3.72. The number of carbonyl (C=O) groups excluding carboxylic acids is 1. The Bertz CT molecular complexity index is 358. The molecule has 0 bridgehead atoms. The van der Waals surface area contributed by atoms with E-state index in [9.17, 15) is 4.79 Å². The molecule has 0 fully saturated rings. The maximum absolute atomic E-state index is 11.2. The first-order valence-electron chi connectivity index (χ1n) is 4.24. The average molecular weight is 210 g/mol. The van der Waals surface area contributed by atoms with Crippen molar-refractivity contribution in [2.75, 3.05) is 14.1 Å². The molecule has 0 saturated heterocycles. The Balaban J connectivity index is 2.74. The van der Waals surface area contributed by atoms with Gasteiger partial charge in [0, 0.05) is 25.2 Å². The summed E-state index contributed by atoms with van der Waals surface area (Å²) in [5.74, 6) is -0.0371. The summed E-state index contributed by atoms with van der Waals surface area (Å²) < 4.78 is 0. The minimum atomic E-state index is -0.0371. The van der Waals surface area contributed by atoms with Gasteiger partial charge in [0.05, 0.1) is 0 Å². The van der Waals surface area contributed by atoms with E-state index in [1.165, 1.54) is 11.0 Å². The molecule has 0 spiro atoms. The molecule has 3 heteroatoms. The molecule has 0 atom stereocenters. The van der Waals surface area contributed by atoms with Crippen molar-refractivity contribution in [2.45, 2.75) is 0 Å². The molecule has 1 aromatic carbocycles. The predicted octanol–water partition coefficient (Wildman–Crippen LogP) is 2.44. The minimum absolute atomic E-state index is 0.0371. The largest absolute Gasteiger partial charge is 0.345 e. The molecule has 0 aliphatic rings. The number of halogens is 1. The molecule has 0 radical (unpaired) electrons. The summed E-state index contributed by atoms with van der Waals surface area (Å²) in [5, 5.41) is 0.671. The van der Waals surface area contributed by atoms with Crippen molar-refractivity contribution in [1.29, 1.82) is 0 Å². The molecule has 14 heavy (non-hydrogen) atoms. The monoisotopic (exact) mass is 209 g/mol. The van der Waals surface area contributed by atoms with Gasteiger partial charge in [0.25, 0.3) is 0 Å². The Morgan fingerprint density at radius 1 is 1.43 bits per heavy atom. The van der Waals surface area contributed by atoms with Crippen molar-refractivity contribution in [3.8, 4) is 0 Å². The zero-order valence-corrected chi connectivity index (χ0v) is 8.95. The maximum atomic E-state index is 11.2. The number of carbonyl (C=O) groups is 1. The van der Waals surface area contributed by atoms with Crippen LogP contribution in [0.15, 0.2) is 30.3 Å². The van der Waals surface area contributed by atoms with Crippen molar-refractivity contribution in [1.82, 2.24) is 4.90 Å². The van der Waals surface area contributed by atoms with Gasteiger partial charge in [-0.3, -0.25) is 4.79 Å². The number of rotatable bonds is 2. The Labute approximate surface area is 88.8 Å². The van der Waals surface area contributed by atoms with Gasteiger partial charge in [0.1, 0.15) is 0 Å².